The molecule has 0 atom stereocenters. The van der Waals surface area contributed by atoms with E-state index < -0.39 is 0 Å². The number of nitrogens with zero attached hydrogens (tertiary/aromatic N) is 5. The van der Waals surface area contributed by atoms with Crippen molar-refractivity contribution in [1.82, 2.24) is 25.0 Å². The van der Waals surface area contributed by atoms with Crippen molar-refractivity contribution in [1.29, 1.82) is 0 Å². The monoisotopic (exact) mass is 292 g/mol. The largest absolute Gasteiger partial charge is 0.361 e. The molecule has 110 valence electrons. The van der Waals surface area contributed by atoms with E-state index in [1.807, 2.05) is 42.5 Å². The van der Waals surface area contributed by atoms with Crippen LogP contribution in [0.15, 0.2) is 42.5 Å². The lowest BCUT2D eigenvalue weighted by Gasteiger charge is -2.06. The summed E-state index contributed by atoms with van der Waals surface area (Å²) in [6.45, 7) is 1.63. The second-order valence-electron chi connectivity index (χ2n) is 5.31. The fraction of sp³-hybridized carbons (Fsp3) is 0.250. The minimum Gasteiger partial charge on any atom is -0.361 e. The number of anilines is 1. The summed E-state index contributed by atoms with van der Waals surface area (Å²) in [4.78, 5) is 0. The van der Waals surface area contributed by atoms with E-state index in [-0.39, 0.29) is 0 Å². The zero-order valence-electron chi connectivity index (χ0n) is 12.1. The lowest BCUT2D eigenvalue weighted by atomic mass is 10.1. The Labute approximate surface area is 128 Å². The van der Waals surface area contributed by atoms with Gasteiger partial charge in [-0.05, 0) is 18.6 Å². The predicted molar refractivity (Wildman–Crippen MR) is 83.1 cm³/mol. The Balaban J connectivity index is 1.45. The van der Waals surface area contributed by atoms with Gasteiger partial charge in [-0.15, -0.1) is 20.4 Å². The van der Waals surface area contributed by atoms with Gasteiger partial charge in [0.1, 0.15) is 11.6 Å². The van der Waals surface area contributed by atoms with Crippen LogP contribution in [0.1, 0.15) is 18.1 Å². The maximum absolute atomic E-state index is 4.27. The highest BCUT2D eigenvalue weighted by molar-refractivity contribution is 5.59. The molecule has 0 saturated heterocycles. The first kappa shape index (κ1) is 12.9. The topological polar surface area (TPSA) is 68.5 Å². The lowest BCUT2D eigenvalue weighted by Crippen LogP contribution is -2.08. The van der Waals surface area contributed by atoms with Crippen LogP contribution in [-0.4, -0.2) is 25.0 Å². The molecule has 3 heterocycles. The molecule has 0 saturated carbocycles. The molecule has 1 aliphatic rings. The second kappa shape index (κ2) is 5.55. The molecule has 0 unspecified atom stereocenters. The molecule has 3 aromatic rings. The molecule has 6 heteroatoms. The van der Waals surface area contributed by atoms with Gasteiger partial charge >= 0.3 is 0 Å². The Kier molecular flexibility index (Phi) is 3.27. The van der Waals surface area contributed by atoms with E-state index >= 15 is 0 Å². The van der Waals surface area contributed by atoms with Crippen LogP contribution in [0.5, 0.6) is 0 Å². The molecule has 4 rings (SSSR count). The van der Waals surface area contributed by atoms with Crippen molar-refractivity contribution in [2.75, 3.05) is 5.32 Å². The summed E-state index contributed by atoms with van der Waals surface area (Å²) in [5.74, 6) is 2.79. The number of benzene rings is 1. The van der Waals surface area contributed by atoms with E-state index in [1.165, 1.54) is 0 Å². The Hall–Kier alpha value is -2.76. The summed E-state index contributed by atoms with van der Waals surface area (Å²) in [5.41, 5.74) is 1.94. The molecule has 6 nitrogen and oxygen atoms in total. The van der Waals surface area contributed by atoms with Gasteiger partial charge in [0.25, 0.3) is 0 Å². The number of hydrogen-bond donors (Lipinski definition) is 1. The van der Waals surface area contributed by atoms with E-state index in [1.54, 1.807) is 0 Å². The number of hydrogen-bond acceptors (Lipinski definition) is 5. The fourth-order valence-electron chi connectivity index (χ4n) is 2.70. The number of nitrogens with one attached hydrogen (secondary N) is 1. The third-order valence-corrected chi connectivity index (χ3v) is 3.85. The summed E-state index contributed by atoms with van der Waals surface area (Å²) in [6.07, 6.45) is 2.18. The van der Waals surface area contributed by atoms with Crippen LogP contribution in [0, 0.1) is 0 Å². The van der Waals surface area contributed by atoms with Gasteiger partial charge in [-0.3, -0.25) is 0 Å². The van der Waals surface area contributed by atoms with Crippen molar-refractivity contribution < 1.29 is 0 Å². The summed E-state index contributed by atoms with van der Waals surface area (Å²) < 4.78 is 2.18. The maximum atomic E-state index is 4.27. The highest BCUT2D eigenvalue weighted by Gasteiger charge is 2.16. The van der Waals surface area contributed by atoms with Crippen LogP contribution in [0.3, 0.4) is 0 Å². The van der Waals surface area contributed by atoms with Crippen molar-refractivity contribution >= 4 is 5.82 Å². The number of aryl methyl sites for hydroxylation is 1. The zero-order chi connectivity index (χ0) is 14.8. The normalized spacial score (nSPS) is 13.1. The van der Waals surface area contributed by atoms with E-state index in [0.717, 1.165) is 48.1 Å². The summed E-state index contributed by atoms with van der Waals surface area (Å²) in [7, 11) is 0. The first-order valence-electron chi connectivity index (χ1n) is 7.44. The minimum atomic E-state index is 0.617. The molecular formula is C16H16N6. The van der Waals surface area contributed by atoms with Crippen molar-refractivity contribution in [2.45, 2.75) is 25.9 Å². The van der Waals surface area contributed by atoms with Crippen molar-refractivity contribution in [3.63, 3.8) is 0 Å². The standard InChI is InChI=1S/C16H16N6/c1-2-5-12(6-3-1)13-8-9-14(19-18-13)17-11-16-21-20-15-7-4-10-22(15)16/h1-3,5-6,8-9H,4,7,10-11H2,(H,17,19). The van der Waals surface area contributed by atoms with Gasteiger partial charge in [-0.25, -0.2) is 0 Å². The zero-order valence-corrected chi connectivity index (χ0v) is 12.1. The molecular weight excluding hydrogens is 276 g/mol. The van der Waals surface area contributed by atoms with Crippen LogP contribution in [0.4, 0.5) is 5.82 Å². The first-order valence-corrected chi connectivity index (χ1v) is 7.44. The Bertz CT molecular complexity index is 763. The lowest BCUT2D eigenvalue weighted by molar-refractivity contribution is 0.695. The minimum absolute atomic E-state index is 0.617. The molecule has 1 aliphatic heterocycles. The van der Waals surface area contributed by atoms with Crippen LogP contribution in [-0.2, 0) is 19.5 Å². The fourth-order valence-corrected chi connectivity index (χ4v) is 2.70. The quantitative estimate of drug-likeness (QED) is 0.799. The summed E-state index contributed by atoms with van der Waals surface area (Å²) >= 11 is 0. The van der Waals surface area contributed by atoms with E-state index in [9.17, 15) is 0 Å². The highest BCUT2D eigenvalue weighted by atomic mass is 15.3. The van der Waals surface area contributed by atoms with Crippen LogP contribution < -0.4 is 5.32 Å². The molecule has 1 aromatic carbocycles. The second-order valence-corrected chi connectivity index (χ2v) is 5.31. The molecule has 0 amide bonds. The SMILES string of the molecule is c1ccc(-c2ccc(NCc3nnc4n3CCC4)nn2)cc1. The summed E-state index contributed by atoms with van der Waals surface area (Å²) in [5, 5.41) is 20.2. The third-order valence-electron chi connectivity index (χ3n) is 3.85. The van der Waals surface area contributed by atoms with Gasteiger partial charge in [0, 0.05) is 18.5 Å². The maximum Gasteiger partial charge on any atom is 0.152 e. The summed E-state index contributed by atoms with van der Waals surface area (Å²) in [6, 6.07) is 13.9. The van der Waals surface area contributed by atoms with Gasteiger partial charge in [0.2, 0.25) is 0 Å². The molecule has 0 aliphatic carbocycles. The molecule has 2 aromatic heterocycles. The Morgan fingerprint density at radius 3 is 2.68 bits per heavy atom. The van der Waals surface area contributed by atoms with Crippen molar-refractivity contribution in [3.05, 3.63) is 54.1 Å². The smallest absolute Gasteiger partial charge is 0.152 e. The van der Waals surface area contributed by atoms with Crippen molar-refractivity contribution in [3.8, 4) is 11.3 Å². The van der Waals surface area contributed by atoms with Gasteiger partial charge in [0.15, 0.2) is 5.82 Å². The van der Waals surface area contributed by atoms with Crippen LogP contribution in [0.25, 0.3) is 11.3 Å². The molecule has 1 N–H and O–H groups in total. The highest BCUT2D eigenvalue weighted by Crippen LogP contribution is 2.17. The van der Waals surface area contributed by atoms with Crippen LogP contribution in [0.2, 0.25) is 0 Å². The number of rotatable bonds is 4. The van der Waals surface area contributed by atoms with Gasteiger partial charge in [-0.1, -0.05) is 30.3 Å². The molecule has 0 fully saturated rings. The van der Waals surface area contributed by atoms with E-state index in [4.69, 9.17) is 0 Å². The van der Waals surface area contributed by atoms with E-state index in [0.29, 0.717) is 6.54 Å². The average Bonchev–Trinajstić information content (AvgIpc) is 3.18. The van der Waals surface area contributed by atoms with Crippen LogP contribution >= 0.6 is 0 Å². The molecule has 0 radical (unpaired) electrons. The van der Waals surface area contributed by atoms with E-state index in [2.05, 4.69) is 30.3 Å². The number of fused-ring (bicyclic) bond motifs is 1. The molecule has 22 heavy (non-hydrogen) atoms. The van der Waals surface area contributed by atoms with Gasteiger partial charge in [-0.2, -0.15) is 0 Å². The average molecular weight is 292 g/mol. The predicted octanol–water partition coefficient (Wildman–Crippen LogP) is 2.29. The molecule has 0 bridgehead atoms. The number of aromatic nitrogens is 5. The third kappa shape index (κ3) is 2.43. The molecule has 0 spiro atoms. The Morgan fingerprint density at radius 1 is 0.955 bits per heavy atom. The van der Waals surface area contributed by atoms with Crippen molar-refractivity contribution in [2.24, 2.45) is 0 Å². The van der Waals surface area contributed by atoms with Gasteiger partial charge in [0.05, 0.1) is 12.2 Å². The Morgan fingerprint density at radius 2 is 1.86 bits per heavy atom. The van der Waals surface area contributed by atoms with Gasteiger partial charge < -0.3 is 9.88 Å². The first-order chi connectivity index (χ1) is 10.9.